The average molecular weight is 266 g/mol. The van der Waals surface area contributed by atoms with Crippen LogP contribution in [0.2, 0.25) is 0 Å². The number of para-hydroxylation sites is 2. The molecule has 1 aliphatic rings. The van der Waals surface area contributed by atoms with Gasteiger partial charge in [-0.3, -0.25) is 0 Å². The molecular formula is C18H22N2. The molecule has 2 aromatic carbocycles. The highest BCUT2D eigenvalue weighted by atomic mass is 15.1. The summed E-state index contributed by atoms with van der Waals surface area (Å²) in [7, 11) is 4.15. The Morgan fingerprint density at radius 2 is 1.70 bits per heavy atom. The summed E-state index contributed by atoms with van der Waals surface area (Å²) >= 11 is 0. The smallest absolute Gasteiger partial charge is 0.0596 e. The number of nitrogens with one attached hydrogen (secondary N) is 1. The Bertz CT molecular complexity index is 568. The van der Waals surface area contributed by atoms with Crippen molar-refractivity contribution in [1.82, 2.24) is 0 Å². The third-order valence-corrected chi connectivity index (χ3v) is 3.90. The van der Waals surface area contributed by atoms with Crippen molar-refractivity contribution in [3.05, 3.63) is 59.7 Å². The lowest BCUT2D eigenvalue weighted by Gasteiger charge is -2.18. The van der Waals surface area contributed by atoms with Gasteiger partial charge in [0.15, 0.2) is 0 Å². The summed E-state index contributed by atoms with van der Waals surface area (Å²) in [5.74, 6) is 0.839. The van der Waals surface area contributed by atoms with Crippen LogP contribution in [0, 0.1) is 0 Å². The van der Waals surface area contributed by atoms with E-state index in [4.69, 9.17) is 0 Å². The van der Waals surface area contributed by atoms with Gasteiger partial charge in [-0.25, -0.2) is 0 Å². The summed E-state index contributed by atoms with van der Waals surface area (Å²) in [5, 5.41) is 3.53. The maximum Gasteiger partial charge on any atom is 0.0596 e. The lowest BCUT2D eigenvalue weighted by atomic mass is 10.1. The maximum absolute atomic E-state index is 3.53. The number of nitrogens with zero attached hydrogens (tertiary/aromatic N) is 1. The van der Waals surface area contributed by atoms with E-state index < -0.39 is 0 Å². The van der Waals surface area contributed by atoms with E-state index in [2.05, 4.69) is 72.8 Å². The second-order valence-electron chi connectivity index (χ2n) is 5.78. The van der Waals surface area contributed by atoms with Crippen LogP contribution in [0.25, 0.3) is 0 Å². The largest absolute Gasteiger partial charge is 0.379 e. The predicted molar refractivity (Wildman–Crippen MR) is 86.5 cm³/mol. The van der Waals surface area contributed by atoms with Crippen molar-refractivity contribution < 1.29 is 0 Å². The second kappa shape index (κ2) is 5.58. The third kappa shape index (κ3) is 2.96. The molecule has 0 bridgehead atoms. The summed E-state index contributed by atoms with van der Waals surface area (Å²) in [5.41, 5.74) is 5.25. The zero-order valence-corrected chi connectivity index (χ0v) is 12.3. The molecule has 0 aromatic heterocycles. The minimum absolute atomic E-state index is 0.839. The molecule has 0 aliphatic heterocycles. The van der Waals surface area contributed by atoms with Gasteiger partial charge in [-0.05, 0) is 42.0 Å². The number of anilines is 2. The zero-order valence-electron chi connectivity index (χ0n) is 12.3. The number of benzene rings is 2. The van der Waals surface area contributed by atoms with Crippen LogP contribution in [0.3, 0.4) is 0 Å². The fourth-order valence-corrected chi connectivity index (χ4v) is 2.53. The fourth-order valence-electron chi connectivity index (χ4n) is 2.53. The van der Waals surface area contributed by atoms with E-state index in [9.17, 15) is 0 Å². The molecule has 20 heavy (non-hydrogen) atoms. The highest BCUT2D eigenvalue weighted by molar-refractivity contribution is 5.69. The van der Waals surface area contributed by atoms with Gasteiger partial charge in [0.2, 0.25) is 0 Å². The molecule has 1 N–H and O–H groups in total. The van der Waals surface area contributed by atoms with Crippen molar-refractivity contribution >= 4 is 11.4 Å². The van der Waals surface area contributed by atoms with E-state index in [1.807, 2.05) is 0 Å². The molecule has 1 fully saturated rings. The minimum Gasteiger partial charge on any atom is -0.379 e. The van der Waals surface area contributed by atoms with Crippen LogP contribution >= 0.6 is 0 Å². The van der Waals surface area contributed by atoms with E-state index in [0.29, 0.717) is 0 Å². The molecule has 0 atom stereocenters. The van der Waals surface area contributed by atoms with Crippen molar-refractivity contribution in [1.29, 1.82) is 0 Å². The SMILES string of the molecule is CN(C)c1ccccc1NCc1ccc(C2CC2)cc1. The van der Waals surface area contributed by atoms with Gasteiger partial charge in [-0.1, -0.05) is 36.4 Å². The van der Waals surface area contributed by atoms with Gasteiger partial charge in [-0.2, -0.15) is 0 Å². The molecule has 0 amide bonds. The predicted octanol–water partition coefficient (Wildman–Crippen LogP) is 4.24. The van der Waals surface area contributed by atoms with Gasteiger partial charge >= 0.3 is 0 Å². The number of rotatable bonds is 5. The van der Waals surface area contributed by atoms with E-state index in [1.165, 1.54) is 35.3 Å². The summed E-state index contributed by atoms with van der Waals surface area (Å²) in [6.07, 6.45) is 2.74. The molecule has 1 saturated carbocycles. The van der Waals surface area contributed by atoms with Crippen molar-refractivity contribution in [2.75, 3.05) is 24.3 Å². The van der Waals surface area contributed by atoms with Gasteiger partial charge in [0.1, 0.15) is 0 Å². The quantitative estimate of drug-likeness (QED) is 0.870. The molecule has 0 spiro atoms. The zero-order chi connectivity index (χ0) is 13.9. The van der Waals surface area contributed by atoms with Gasteiger partial charge < -0.3 is 10.2 Å². The van der Waals surface area contributed by atoms with Gasteiger partial charge in [0.25, 0.3) is 0 Å². The molecule has 0 radical (unpaired) electrons. The van der Waals surface area contributed by atoms with Gasteiger partial charge in [0, 0.05) is 20.6 Å². The molecule has 2 nitrogen and oxygen atoms in total. The first-order chi connectivity index (χ1) is 9.74. The highest BCUT2D eigenvalue weighted by Gasteiger charge is 2.22. The summed E-state index contributed by atoms with van der Waals surface area (Å²) in [6.45, 7) is 0.871. The van der Waals surface area contributed by atoms with Gasteiger partial charge in [0.05, 0.1) is 11.4 Å². The summed E-state index contributed by atoms with van der Waals surface area (Å²) in [6, 6.07) is 17.5. The van der Waals surface area contributed by atoms with Crippen LogP contribution in [-0.2, 0) is 6.54 Å². The van der Waals surface area contributed by atoms with Crippen LogP contribution in [0.1, 0.15) is 29.9 Å². The van der Waals surface area contributed by atoms with Crippen molar-refractivity contribution in [3.8, 4) is 0 Å². The van der Waals surface area contributed by atoms with E-state index in [1.54, 1.807) is 0 Å². The molecule has 0 unspecified atom stereocenters. The van der Waals surface area contributed by atoms with E-state index in [0.717, 1.165) is 12.5 Å². The molecule has 0 heterocycles. The Labute approximate surface area is 121 Å². The number of hydrogen-bond donors (Lipinski definition) is 1. The first kappa shape index (κ1) is 13.0. The third-order valence-electron chi connectivity index (χ3n) is 3.90. The summed E-state index contributed by atoms with van der Waals surface area (Å²) < 4.78 is 0. The molecule has 1 aliphatic carbocycles. The first-order valence-electron chi connectivity index (χ1n) is 7.33. The molecular weight excluding hydrogens is 244 g/mol. The van der Waals surface area contributed by atoms with Crippen LogP contribution in [0.15, 0.2) is 48.5 Å². The normalized spacial score (nSPS) is 14.1. The maximum atomic E-state index is 3.53. The van der Waals surface area contributed by atoms with Crippen LogP contribution in [0.5, 0.6) is 0 Å². The molecule has 2 aromatic rings. The Balaban J connectivity index is 1.66. The topological polar surface area (TPSA) is 15.3 Å². The lowest BCUT2D eigenvalue weighted by molar-refractivity contribution is 1.08. The molecule has 104 valence electrons. The lowest BCUT2D eigenvalue weighted by Crippen LogP contribution is -2.12. The second-order valence-corrected chi connectivity index (χ2v) is 5.78. The van der Waals surface area contributed by atoms with Crippen molar-refractivity contribution in [2.24, 2.45) is 0 Å². The monoisotopic (exact) mass is 266 g/mol. The average Bonchev–Trinajstić information content (AvgIpc) is 3.30. The Morgan fingerprint density at radius 3 is 2.35 bits per heavy atom. The Kier molecular flexibility index (Phi) is 3.64. The van der Waals surface area contributed by atoms with Crippen molar-refractivity contribution in [2.45, 2.75) is 25.3 Å². The fraction of sp³-hybridized carbons (Fsp3) is 0.333. The van der Waals surface area contributed by atoms with Gasteiger partial charge in [-0.15, -0.1) is 0 Å². The number of hydrogen-bond acceptors (Lipinski definition) is 2. The Morgan fingerprint density at radius 1 is 1.00 bits per heavy atom. The van der Waals surface area contributed by atoms with E-state index in [-0.39, 0.29) is 0 Å². The standard InChI is InChI=1S/C18H22N2/c1-20(2)18-6-4-3-5-17(18)19-13-14-7-9-15(10-8-14)16-11-12-16/h3-10,16,19H,11-13H2,1-2H3. The van der Waals surface area contributed by atoms with Crippen molar-refractivity contribution in [3.63, 3.8) is 0 Å². The van der Waals surface area contributed by atoms with Crippen LogP contribution < -0.4 is 10.2 Å². The minimum atomic E-state index is 0.839. The molecule has 2 heteroatoms. The van der Waals surface area contributed by atoms with Crippen LogP contribution in [0.4, 0.5) is 11.4 Å². The molecule has 0 saturated heterocycles. The summed E-state index contributed by atoms with van der Waals surface area (Å²) in [4.78, 5) is 2.14. The Hall–Kier alpha value is -1.96. The molecule has 3 rings (SSSR count). The first-order valence-corrected chi connectivity index (χ1v) is 7.33. The van der Waals surface area contributed by atoms with Crippen LogP contribution in [-0.4, -0.2) is 14.1 Å². The highest BCUT2D eigenvalue weighted by Crippen LogP contribution is 2.39. The van der Waals surface area contributed by atoms with E-state index >= 15 is 0 Å².